The van der Waals surface area contributed by atoms with Crippen LogP contribution in [0.15, 0.2) is 82.8 Å². The summed E-state index contributed by atoms with van der Waals surface area (Å²) in [6, 6.07) is 23.5. The number of rotatable bonds is 7. The number of hydrogen-bond acceptors (Lipinski definition) is 4. The molecule has 0 fully saturated rings. The van der Waals surface area contributed by atoms with Gasteiger partial charge in [-0.1, -0.05) is 52.3 Å². The maximum atomic E-state index is 12.5. The number of carbonyl (C=O) groups excluding carboxylic acids is 2. The number of amides is 1. The summed E-state index contributed by atoms with van der Waals surface area (Å²) in [4.78, 5) is 24.1. The Kier molecular flexibility index (Phi) is 7.36. The second kappa shape index (κ2) is 10.4. The van der Waals surface area contributed by atoms with Crippen molar-refractivity contribution in [3.05, 3.63) is 99.5 Å². The molecular weight excluding hydrogens is 456 g/mol. The van der Waals surface area contributed by atoms with Crippen molar-refractivity contribution < 1.29 is 14.3 Å². The summed E-state index contributed by atoms with van der Waals surface area (Å²) in [5.74, 6) is -0.0314. The number of ketones is 1. The third-order valence-corrected chi connectivity index (χ3v) is 4.85. The van der Waals surface area contributed by atoms with Crippen LogP contribution in [0.1, 0.15) is 28.4 Å². The molecule has 0 radical (unpaired) electrons. The second-order valence-corrected chi connectivity index (χ2v) is 7.67. The third kappa shape index (κ3) is 6.39. The Hall–Kier alpha value is -3.69. The summed E-state index contributed by atoms with van der Waals surface area (Å²) in [7, 11) is 0. The summed E-state index contributed by atoms with van der Waals surface area (Å²) >= 11 is 3.43. The molecule has 3 aromatic carbocycles. The average Bonchev–Trinajstić information content (AvgIpc) is 2.76. The maximum Gasteiger partial charge on any atom is 0.266 e. The van der Waals surface area contributed by atoms with Crippen molar-refractivity contribution in [2.45, 2.75) is 13.5 Å². The van der Waals surface area contributed by atoms with Gasteiger partial charge in [0.2, 0.25) is 0 Å². The molecule has 31 heavy (non-hydrogen) atoms. The highest BCUT2D eigenvalue weighted by molar-refractivity contribution is 9.10. The SMILES string of the molecule is CC(=O)c1cccc(NC(=O)/C(C#N)=C\c2cccc(OCc3cccc(Br)c3)c2)c1. The topological polar surface area (TPSA) is 79.2 Å². The number of benzene rings is 3. The molecule has 0 spiro atoms. The molecular formula is C25H19BrN2O3. The highest BCUT2D eigenvalue weighted by Gasteiger charge is 2.11. The lowest BCUT2D eigenvalue weighted by Gasteiger charge is -2.08. The van der Waals surface area contributed by atoms with Crippen molar-refractivity contribution >= 4 is 39.4 Å². The van der Waals surface area contributed by atoms with E-state index in [0.29, 0.717) is 29.2 Å². The molecule has 0 aliphatic rings. The lowest BCUT2D eigenvalue weighted by molar-refractivity contribution is -0.112. The number of ether oxygens (including phenoxy) is 1. The number of anilines is 1. The second-order valence-electron chi connectivity index (χ2n) is 6.75. The minimum absolute atomic E-state index is 0.0580. The third-order valence-electron chi connectivity index (χ3n) is 4.36. The van der Waals surface area contributed by atoms with Gasteiger partial charge in [-0.15, -0.1) is 0 Å². The van der Waals surface area contributed by atoms with Gasteiger partial charge in [-0.3, -0.25) is 9.59 Å². The number of nitriles is 1. The minimum Gasteiger partial charge on any atom is -0.489 e. The maximum absolute atomic E-state index is 12.5. The van der Waals surface area contributed by atoms with E-state index in [1.807, 2.05) is 36.4 Å². The zero-order valence-electron chi connectivity index (χ0n) is 16.8. The number of hydrogen-bond donors (Lipinski definition) is 1. The number of Topliss-reactive ketones (excluding diaryl/α,β-unsaturated/α-hetero) is 1. The Labute approximate surface area is 189 Å². The highest BCUT2D eigenvalue weighted by atomic mass is 79.9. The first-order chi connectivity index (χ1) is 14.9. The van der Waals surface area contributed by atoms with Gasteiger partial charge in [0, 0.05) is 15.7 Å². The Morgan fingerprint density at radius 1 is 1.06 bits per heavy atom. The Bertz CT molecular complexity index is 1200. The Morgan fingerprint density at radius 2 is 1.84 bits per heavy atom. The van der Waals surface area contributed by atoms with E-state index in [0.717, 1.165) is 10.0 Å². The molecule has 0 bridgehead atoms. The predicted octanol–water partition coefficient (Wildman–Crippen LogP) is 5.78. The van der Waals surface area contributed by atoms with E-state index in [1.165, 1.54) is 13.0 Å². The van der Waals surface area contributed by atoms with Crippen molar-refractivity contribution in [3.8, 4) is 11.8 Å². The van der Waals surface area contributed by atoms with Gasteiger partial charge in [0.1, 0.15) is 24.0 Å². The van der Waals surface area contributed by atoms with Gasteiger partial charge in [0.05, 0.1) is 0 Å². The van der Waals surface area contributed by atoms with Gasteiger partial charge in [0.25, 0.3) is 5.91 Å². The lowest BCUT2D eigenvalue weighted by atomic mass is 10.1. The first-order valence-electron chi connectivity index (χ1n) is 9.46. The smallest absolute Gasteiger partial charge is 0.266 e. The molecule has 0 aromatic heterocycles. The van der Waals surface area contributed by atoms with Crippen molar-refractivity contribution in [1.82, 2.24) is 0 Å². The van der Waals surface area contributed by atoms with E-state index < -0.39 is 5.91 Å². The van der Waals surface area contributed by atoms with Crippen LogP contribution < -0.4 is 10.1 Å². The monoisotopic (exact) mass is 474 g/mol. The van der Waals surface area contributed by atoms with E-state index in [4.69, 9.17) is 4.74 Å². The molecule has 0 saturated carbocycles. The molecule has 0 saturated heterocycles. The molecule has 3 rings (SSSR count). The van der Waals surface area contributed by atoms with Gasteiger partial charge in [0.15, 0.2) is 5.78 Å². The fourth-order valence-electron chi connectivity index (χ4n) is 2.82. The average molecular weight is 475 g/mol. The molecule has 6 heteroatoms. The number of nitrogens with zero attached hydrogens (tertiary/aromatic N) is 1. The molecule has 5 nitrogen and oxygen atoms in total. The van der Waals surface area contributed by atoms with E-state index in [1.54, 1.807) is 42.5 Å². The fourth-order valence-corrected chi connectivity index (χ4v) is 3.26. The van der Waals surface area contributed by atoms with Gasteiger partial charge >= 0.3 is 0 Å². The Morgan fingerprint density at radius 3 is 2.58 bits per heavy atom. The molecule has 154 valence electrons. The predicted molar refractivity (Wildman–Crippen MR) is 124 cm³/mol. The summed E-state index contributed by atoms with van der Waals surface area (Å²) in [5, 5.41) is 12.1. The largest absolute Gasteiger partial charge is 0.489 e. The molecule has 0 aliphatic heterocycles. The van der Waals surface area contributed by atoms with Gasteiger partial charge in [-0.05, 0) is 60.5 Å². The van der Waals surface area contributed by atoms with Crippen molar-refractivity contribution in [2.75, 3.05) is 5.32 Å². The van der Waals surface area contributed by atoms with E-state index >= 15 is 0 Å². The molecule has 1 N–H and O–H groups in total. The molecule has 0 aliphatic carbocycles. The normalized spacial score (nSPS) is 10.8. The highest BCUT2D eigenvalue weighted by Crippen LogP contribution is 2.19. The first kappa shape index (κ1) is 22.0. The lowest BCUT2D eigenvalue weighted by Crippen LogP contribution is -2.13. The van der Waals surface area contributed by atoms with E-state index in [9.17, 15) is 14.9 Å². The molecule has 0 atom stereocenters. The first-order valence-corrected chi connectivity index (χ1v) is 10.3. The summed E-state index contributed by atoms with van der Waals surface area (Å²) in [5.41, 5.74) is 2.55. The molecule has 1 amide bonds. The fraction of sp³-hybridized carbons (Fsp3) is 0.0800. The standard InChI is InChI=1S/C25H19BrN2O3/c1-17(29)20-7-4-9-23(14-20)28-25(30)21(15-27)11-18-5-3-10-24(13-18)31-16-19-6-2-8-22(26)12-19/h2-14H,16H2,1H3,(H,28,30)/b21-11-. The summed E-state index contributed by atoms with van der Waals surface area (Å²) in [6.45, 7) is 1.85. The van der Waals surface area contributed by atoms with Crippen LogP contribution in [-0.2, 0) is 11.4 Å². The number of nitrogens with one attached hydrogen (secondary N) is 1. The van der Waals surface area contributed by atoms with Crippen LogP contribution in [0.3, 0.4) is 0 Å². The quantitative estimate of drug-likeness (QED) is 0.267. The molecule has 3 aromatic rings. The van der Waals surface area contributed by atoms with E-state index in [2.05, 4.69) is 21.2 Å². The van der Waals surface area contributed by atoms with Crippen molar-refractivity contribution in [3.63, 3.8) is 0 Å². The van der Waals surface area contributed by atoms with Crippen LogP contribution in [0.2, 0.25) is 0 Å². The number of halogens is 1. The Balaban J connectivity index is 1.72. The van der Waals surface area contributed by atoms with Crippen LogP contribution in [0, 0.1) is 11.3 Å². The van der Waals surface area contributed by atoms with Gasteiger partial charge < -0.3 is 10.1 Å². The van der Waals surface area contributed by atoms with Gasteiger partial charge in [-0.2, -0.15) is 5.26 Å². The van der Waals surface area contributed by atoms with Crippen LogP contribution in [0.5, 0.6) is 5.75 Å². The van der Waals surface area contributed by atoms with Crippen LogP contribution in [0.4, 0.5) is 5.69 Å². The summed E-state index contributed by atoms with van der Waals surface area (Å²) in [6.07, 6.45) is 1.50. The zero-order chi connectivity index (χ0) is 22.2. The van der Waals surface area contributed by atoms with E-state index in [-0.39, 0.29) is 11.4 Å². The zero-order valence-corrected chi connectivity index (χ0v) is 18.3. The van der Waals surface area contributed by atoms with Crippen LogP contribution in [-0.4, -0.2) is 11.7 Å². The number of carbonyl (C=O) groups is 2. The summed E-state index contributed by atoms with van der Waals surface area (Å²) < 4.78 is 6.80. The minimum atomic E-state index is -0.552. The van der Waals surface area contributed by atoms with Gasteiger partial charge in [-0.25, -0.2) is 0 Å². The van der Waals surface area contributed by atoms with Crippen molar-refractivity contribution in [1.29, 1.82) is 5.26 Å². The van der Waals surface area contributed by atoms with Crippen LogP contribution in [0.25, 0.3) is 6.08 Å². The van der Waals surface area contributed by atoms with Crippen LogP contribution >= 0.6 is 15.9 Å². The molecule has 0 unspecified atom stereocenters. The molecule has 0 heterocycles. The van der Waals surface area contributed by atoms with Crippen molar-refractivity contribution in [2.24, 2.45) is 0 Å².